The summed E-state index contributed by atoms with van der Waals surface area (Å²) in [6, 6.07) is 8.39. The first-order valence-electron chi connectivity index (χ1n) is 7.53. The summed E-state index contributed by atoms with van der Waals surface area (Å²) in [5, 5.41) is 7.49. The molecule has 0 saturated heterocycles. The predicted octanol–water partition coefficient (Wildman–Crippen LogP) is 2.71. The molecule has 0 amide bonds. The fraction of sp³-hybridized carbons (Fsp3) is 0.235. The van der Waals surface area contributed by atoms with E-state index in [0.717, 1.165) is 5.56 Å². The van der Waals surface area contributed by atoms with Crippen LogP contribution in [0.1, 0.15) is 30.0 Å². The van der Waals surface area contributed by atoms with Gasteiger partial charge in [-0.05, 0) is 62.0 Å². The van der Waals surface area contributed by atoms with Crippen molar-refractivity contribution in [2.45, 2.75) is 19.9 Å². The zero-order valence-corrected chi connectivity index (χ0v) is 14.9. The number of hydrazone groups is 1. The van der Waals surface area contributed by atoms with Crippen molar-refractivity contribution < 1.29 is 18.7 Å². The van der Waals surface area contributed by atoms with Gasteiger partial charge in [-0.1, -0.05) is 0 Å². The molecule has 0 fully saturated rings. The largest absolute Gasteiger partial charge is 0.493 e. The molecule has 0 aliphatic carbocycles. The fourth-order valence-corrected chi connectivity index (χ4v) is 2.14. The van der Waals surface area contributed by atoms with Gasteiger partial charge in [-0.15, -0.1) is 0 Å². The molecule has 0 radical (unpaired) electrons. The third kappa shape index (κ3) is 5.61. The lowest BCUT2D eigenvalue weighted by Crippen LogP contribution is -2.36. The van der Waals surface area contributed by atoms with Crippen LogP contribution in [-0.2, 0) is 0 Å². The second-order valence-electron chi connectivity index (χ2n) is 5.28. The lowest BCUT2D eigenvalue weighted by Gasteiger charge is -2.10. The van der Waals surface area contributed by atoms with Crippen LogP contribution < -0.4 is 20.2 Å². The number of esters is 1. The van der Waals surface area contributed by atoms with E-state index in [-0.39, 0.29) is 17.6 Å². The van der Waals surface area contributed by atoms with Gasteiger partial charge in [0.25, 0.3) is 0 Å². The van der Waals surface area contributed by atoms with E-state index in [4.69, 9.17) is 26.1 Å². The van der Waals surface area contributed by atoms with Crippen LogP contribution in [-0.4, -0.2) is 30.4 Å². The zero-order chi connectivity index (χ0) is 18.2. The van der Waals surface area contributed by atoms with Crippen LogP contribution >= 0.6 is 12.2 Å². The number of carbonyl (C=O) groups excluding carboxylic acids is 1. The van der Waals surface area contributed by atoms with Gasteiger partial charge < -0.3 is 19.2 Å². The first-order valence-corrected chi connectivity index (χ1v) is 7.93. The average Bonchev–Trinajstić information content (AvgIpc) is 3.10. The van der Waals surface area contributed by atoms with Crippen molar-refractivity contribution in [3.8, 4) is 11.5 Å². The van der Waals surface area contributed by atoms with E-state index < -0.39 is 5.97 Å². The highest BCUT2D eigenvalue weighted by Gasteiger charge is 2.14. The number of benzene rings is 1. The Kier molecular flexibility index (Phi) is 6.53. The van der Waals surface area contributed by atoms with Gasteiger partial charge in [0.05, 0.1) is 19.6 Å². The molecular formula is C17H19N3O4S. The van der Waals surface area contributed by atoms with Gasteiger partial charge in [0.2, 0.25) is 5.76 Å². The predicted molar refractivity (Wildman–Crippen MR) is 98.3 cm³/mol. The number of carbonyl (C=O) groups is 1. The van der Waals surface area contributed by atoms with E-state index in [2.05, 4.69) is 15.8 Å². The number of rotatable bonds is 6. The van der Waals surface area contributed by atoms with Gasteiger partial charge >= 0.3 is 5.97 Å². The number of methoxy groups -OCH3 is 1. The number of thiocarbonyl (C=S) groups is 1. The van der Waals surface area contributed by atoms with E-state index in [0.29, 0.717) is 10.9 Å². The van der Waals surface area contributed by atoms with Crippen LogP contribution in [0, 0.1) is 0 Å². The van der Waals surface area contributed by atoms with Crippen LogP contribution in [0.25, 0.3) is 0 Å². The van der Waals surface area contributed by atoms with Crippen molar-refractivity contribution >= 4 is 29.5 Å². The molecule has 2 rings (SSSR count). The Balaban J connectivity index is 2.03. The Hall–Kier alpha value is -2.87. The van der Waals surface area contributed by atoms with Crippen molar-refractivity contribution in [2.75, 3.05) is 7.11 Å². The number of nitrogens with zero attached hydrogens (tertiary/aromatic N) is 1. The van der Waals surface area contributed by atoms with Crippen LogP contribution in [0.2, 0.25) is 0 Å². The number of furan rings is 1. The van der Waals surface area contributed by atoms with E-state index >= 15 is 0 Å². The van der Waals surface area contributed by atoms with Crippen molar-refractivity contribution in [1.29, 1.82) is 0 Å². The molecule has 0 aliphatic heterocycles. The van der Waals surface area contributed by atoms with E-state index in [9.17, 15) is 4.79 Å². The van der Waals surface area contributed by atoms with Gasteiger partial charge in [0, 0.05) is 6.04 Å². The smallest absolute Gasteiger partial charge is 0.379 e. The highest BCUT2D eigenvalue weighted by molar-refractivity contribution is 7.80. The van der Waals surface area contributed by atoms with E-state index in [1.165, 1.54) is 19.4 Å². The monoisotopic (exact) mass is 361 g/mol. The minimum Gasteiger partial charge on any atom is -0.493 e. The molecule has 1 heterocycles. The van der Waals surface area contributed by atoms with Gasteiger partial charge in [0.15, 0.2) is 16.6 Å². The summed E-state index contributed by atoms with van der Waals surface area (Å²) in [5.41, 5.74) is 3.46. The van der Waals surface area contributed by atoms with Crippen LogP contribution in [0.3, 0.4) is 0 Å². The Morgan fingerprint density at radius 3 is 2.76 bits per heavy atom. The highest BCUT2D eigenvalue weighted by Crippen LogP contribution is 2.28. The normalized spacial score (nSPS) is 10.7. The Bertz CT molecular complexity index is 757. The molecule has 132 valence electrons. The van der Waals surface area contributed by atoms with Crippen molar-refractivity contribution in [3.05, 3.63) is 47.9 Å². The molecule has 0 atom stereocenters. The van der Waals surface area contributed by atoms with Gasteiger partial charge in [-0.2, -0.15) is 5.10 Å². The summed E-state index contributed by atoms with van der Waals surface area (Å²) in [6.07, 6.45) is 2.98. The molecule has 0 bridgehead atoms. The lowest BCUT2D eigenvalue weighted by atomic mass is 10.2. The molecule has 0 unspecified atom stereocenters. The molecule has 1 aromatic heterocycles. The molecule has 0 aliphatic rings. The van der Waals surface area contributed by atoms with Crippen molar-refractivity contribution in [1.82, 2.24) is 10.7 Å². The lowest BCUT2D eigenvalue weighted by molar-refractivity contribution is 0.0696. The first kappa shape index (κ1) is 18.5. The van der Waals surface area contributed by atoms with Gasteiger partial charge in [0.1, 0.15) is 0 Å². The van der Waals surface area contributed by atoms with Crippen molar-refractivity contribution in [3.63, 3.8) is 0 Å². The maximum Gasteiger partial charge on any atom is 0.379 e. The van der Waals surface area contributed by atoms with E-state index in [1.807, 2.05) is 13.8 Å². The second kappa shape index (κ2) is 8.84. The van der Waals surface area contributed by atoms with Crippen LogP contribution in [0.5, 0.6) is 11.5 Å². The van der Waals surface area contributed by atoms with Crippen molar-refractivity contribution in [2.24, 2.45) is 5.10 Å². The molecule has 0 saturated carbocycles. The molecule has 1 aromatic carbocycles. The molecule has 0 spiro atoms. The summed E-state index contributed by atoms with van der Waals surface area (Å²) >= 11 is 5.07. The third-order valence-corrected chi connectivity index (χ3v) is 3.12. The molecule has 8 heteroatoms. The standard InChI is InChI=1S/C17H19N3O4S/c1-11(2)19-17(25)20-18-10-12-6-7-13(15(9-12)22-3)24-16(21)14-5-4-8-23-14/h4-11H,1-3H3,(H2,19,20,25). The van der Waals surface area contributed by atoms with Gasteiger partial charge in [-0.25, -0.2) is 4.79 Å². The van der Waals surface area contributed by atoms with E-state index in [1.54, 1.807) is 30.5 Å². The Labute approximate surface area is 151 Å². The third-order valence-electron chi connectivity index (χ3n) is 2.91. The molecular weight excluding hydrogens is 342 g/mol. The Morgan fingerprint density at radius 1 is 1.32 bits per heavy atom. The quantitative estimate of drug-likeness (QED) is 0.269. The zero-order valence-electron chi connectivity index (χ0n) is 14.1. The number of ether oxygens (including phenoxy) is 2. The topological polar surface area (TPSA) is 85.1 Å². The first-order chi connectivity index (χ1) is 12.0. The summed E-state index contributed by atoms with van der Waals surface area (Å²) in [5.74, 6) is 0.192. The summed E-state index contributed by atoms with van der Waals surface area (Å²) in [6.45, 7) is 3.95. The average molecular weight is 361 g/mol. The second-order valence-corrected chi connectivity index (χ2v) is 5.68. The SMILES string of the molecule is COc1cc(C=NNC(=S)NC(C)C)ccc1OC(=O)c1ccco1. The minimum absolute atomic E-state index is 0.114. The summed E-state index contributed by atoms with van der Waals surface area (Å²) < 4.78 is 15.5. The Morgan fingerprint density at radius 2 is 2.12 bits per heavy atom. The minimum atomic E-state index is -0.600. The number of nitrogens with one attached hydrogen (secondary N) is 2. The maximum absolute atomic E-state index is 11.9. The summed E-state index contributed by atoms with van der Waals surface area (Å²) in [4.78, 5) is 11.9. The molecule has 2 aromatic rings. The van der Waals surface area contributed by atoms with Gasteiger partial charge in [-0.3, -0.25) is 5.43 Å². The number of hydrogen-bond acceptors (Lipinski definition) is 6. The fourth-order valence-electron chi connectivity index (χ4n) is 1.85. The molecule has 7 nitrogen and oxygen atoms in total. The molecule has 2 N–H and O–H groups in total. The van der Waals surface area contributed by atoms with Crippen LogP contribution in [0.15, 0.2) is 46.1 Å². The molecule has 25 heavy (non-hydrogen) atoms. The van der Waals surface area contributed by atoms with Crippen LogP contribution in [0.4, 0.5) is 0 Å². The maximum atomic E-state index is 11.9. The summed E-state index contributed by atoms with van der Waals surface area (Å²) in [7, 11) is 1.49. The number of hydrogen-bond donors (Lipinski definition) is 2. The highest BCUT2D eigenvalue weighted by atomic mass is 32.1.